The topological polar surface area (TPSA) is 96.7 Å². The Morgan fingerprint density at radius 1 is 1.19 bits per heavy atom. The number of likely N-dealkylation sites (N-methyl/N-ethyl adjacent to an activating group) is 1. The molecule has 2 aromatic carbocycles. The molecular weight excluding hydrogens is 412 g/mol. The summed E-state index contributed by atoms with van der Waals surface area (Å²) < 4.78 is 27.9. The van der Waals surface area contributed by atoms with Crippen LogP contribution in [0.1, 0.15) is 25.0 Å². The third kappa shape index (κ3) is 5.25. The molecule has 1 aliphatic heterocycles. The number of rotatable bonds is 10. The number of nitriles is 1. The molecule has 1 fully saturated rings. The monoisotopic (exact) mass is 442 g/mol. The van der Waals surface area contributed by atoms with E-state index in [0.717, 1.165) is 18.7 Å². The van der Waals surface area contributed by atoms with E-state index in [1.807, 2.05) is 36.4 Å². The molecule has 31 heavy (non-hydrogen) atoms. The molecule has 8 heteroatoms. The third-order valence-electron chi connectivity index (χ3n) is 5.79. The Morgan fingerprint density at radius 2 is 1.87 bits per heavy atom. The van der Waals surface area contributed by atoms with Crippen LogP contribution in [0.2, 0.25) is 0 Å². The summed E-state index contributed by atoms with van der Waals surface area (Å²) in [6.45, 7) is 6.64. The maximum atomic E-state index is 13.2. The van der Waals surface area contributed by atoms with Gasteiger partial charge in [-0.3, -0.25) is 4.90 Å². The minimum atomic E-state index is -3.77. The van der Waals surface area contributed by atoms with Crippen LogP contribution in [0.15, 0.2) is 53.4 Å². The van der Waals surface area contributed by atoms with Gasteiger partial charge in [-0.25, -0.2) is 8.42 Å². The van der Waals surface area contributed by atoms with Gasteiger partial charge in [0, 0.05) is 24.8 Å². The van der Waals surface area contributed by atoms with Crippen LogP contribution < -0.4 is 5.32 Å². The first-order valence-electron chi connectivity index (χ1n) is 10.6. The Balaban J connectivity index is 1.78. The highest BCUT2D eigenvalue weighted by atomic mass is 32.2. The average molecular weight is 443 g/mol. The number of aliphatic hydroxyl groups excluding tert-OH is 1. The lowest BCUT2D eigenvalue weighted by atomic mass is 10.1. The van der Waals surface area contributed by atoms with E-state index < -0.39 is 10.0 Å². The van der Waals surface area contributed by atoms with E-state index >= 15 is 0 Å². The van der Waals surface area contributed by atoms with Gasteiger partial charge in [0.1, 0.15) is 11.0 Å². The second kappa shape index (κ2) is 10.2. The molecule has 166 valence electrons. The molecule has 3 rings (SSSR count). The smallest absolute Gasteiger partial charge is 0.244 e. The van der Waals surface area contributed by atoms with E-state index in [1.165, 1.54) is 16.4 Å². The zero-order valence-corrected chi connectivity index (χ0v) is 18.8. The first kappa shape index (κ1) is 23.2. The molecule has 0 radical (unpaired) electrons. The lowest BCUT2D eigenvalue weighted by molar-refractivity contribution is 0.0974. The number of nitrogens with zero attached hydrogens (tertiary/aromatic N) is 3. The number of aliphatic hydroxyl groups is 1. The van der Waals surface area contributed by atoms with Crippen molar-refractivity contribution in [2.45, 2.75) is 37.2 Å². The van der Waals surface area contributed by atoms with E-state index in [-0.39, 0.29) is 29.1 Å². The summed E-state index contributed by atoms with van der Waals surface area (Å²) in [7, 11) is -3.77. The molecular formula is C23H30N4O3S. The van der Waals surface area contributed by atoms with Gasteiger partial charge in [0.2, 0.25) is 10.0 Å². The largest absolute Gasteiger partial charge is 0.394 e. The van der Waals surface area contributed by atoms with Gasteiger partial charge >= 0.3 is 0 Å². The highest BCUT2D eigenvalue weighted by molar-refractivity contribution is 7.89. The number of nitrogens with one attached hydrogen (secondary N) is 1. The van der Waals surface area contributed by atoms with E-state index in [4.69, 9.17) is 0 Å². The van der Waals surface area contributed by atoms with Crippen molar-refractivity contribution in [3.05, 3.63) is 59.7 Å². The first-order chi connectivity index (χ1) is 14.9. The zero-order chi connectivity index (χ0) is 22.4. The number of hydrogen-bond acceptors (Lipinski definition) is 6. The van der Waals surface area contributed by atoms with Crippen LogP contribution in [0.25, 0.3) is 0 Å². The van der Waals surface area contributed by atoms with Crippen LogP contribution in [0.4, 0.5) is 5.69 Å². The lowest BCUT2D eigenvalue weighted by Gasteiger charge is -2.43. The fourth-order valence-electron chi connectivity index (χ4n) is 3.94. The Morgan fingerprint density at radius 3 is 2.45 bits per heavy atom. The summed E-state index contributed by atoms with van der Waals surface area (Å²) in [6.07, 6.45) is 0.594. The summed E-state index contributed by atoms with van der Waals surface area (Å²) in [5, 5.41) is 22.5. The second-order valence-electron chi connectivity index (χ2n) is 7.73. The van der Waals surface area contributed by atoms with Crippen LogP contribution in [-0.4, -0.2) is 67.6 Å². The zero-order valence-electron chi connectivity index (χ0n) is 18.0. The molecule has 0 spiro atoms. The highest BCUT2D eigenvalue weighted by Crippen LogP contribution is 2.29. The minimum absolute atomic E-state index is 0.00870. The Labute approximate surface area is 185 Å². The number of sulfonamides is 1. The number of benzene rings is 2. The Bertz CT molecular complexity index is 1010. The van der Waals surface area contributed by atoms with Crippen molar-refractivity contribution in [1.29, 1.82) is 5.26 Å². The second-order valence-corrected chi connectivity index (χ2v) is 9.64. The van der Waals surface area contributed by atoms with Crippen LogP contribution in [0.5, 0.6) is 0 Å². The molecule has 2 aromatic rings. The number of hydrogen-bond donors (Lipinski definition) is 2. The summed E-state index contributed by atoms with van der Waals surface area (Å²) in [6, 6.07) is 16.4. The van der Waals surface area contributed by atoms with Gasteiger partial charge in [-0.05, 0) is 43.3 Å². The van der Waals surface area contributed by atoms with Gasteiger partial charge in [-0.15, -0.1) is 0 Å². The van der Waals surface area contributed by atoms with Crippen LogP contribution in [-0.2, 0) is 16.4 Å². The van der Waals surface area contributed by atoms with Gasteiger partial charge in [0.15, 0.2) is 0 Å². The van der Waals surface area contributed by atoms with E-state index in [2.05, 4.69) is 24.1 Å². The van der Waals surface area contributed by atoms with Gasteiger partial charge in [-0.2, -0.15) is 9.57 Å². The molecule has 1 heterocycles. The van der Waals surface area contributed by atoms with Crippen LogP contribution in [0, 0.1) is 11.3 Å². The average Bonchev–Trinajstić information content (AvgIpc) is 2.75. The number of anilines is 1. The van der Waals surface area contributed by atoms with Crippen molar-refractivity contribution in [2.24, 2.45) is 0 Å². The lowest BCUT2D eigenvalue weighted by Crippen LogP contribution is -2.60. The van der Waals surface area contributed by atoms with Gasteiger partial charge in [0.25, 0.3) is 0 Å². The molecule has 0 saturated carbocycles. The summed E-state index contributed by atoms with van der Waals surface area (Å²) in [5.74, 6) is 0. The maximum absolute atomic E-state index is 13.2. The summed E-state index contributed by atoms with van der Waals surface area (Å²) in [4.78, 5) is 2.25. The van der Waals surface area contributed by atoms with Gasteiger partial charge in [0.05, 0.1) is 18.2 Å². The van der Waals surface area contributed by atoms with Crippen molar-refractivity contribution in [3.63, 3.8) is 0 Å². The normalized spacial score (nSPS) is 16.0. The van der Waals surface area contributed by atoms with Crippen molar-refractivity contribution in [1.82, 2.24) is 9.21 Å². The summed E-state index contributed by atoms with van der Waals surface area (Å²) in [5.41, 5.74) is 1.76. The quantitative estimate of drug-likeness (QED) is 0.586. The third-order valence-corrected chi connectivity index (χ3v) is 7.67. The standard InChI is InChI=1S/C23H30N4O3S/c1-3-26(4-2)22-15-27(16-22)31(29,30)23-13-20(11-10-19(23)14-24)25-21(17-28)12-18-8-6-5-7-9-18/h5-11,13,21-22,25,28H,3-4,12,15-17H2,1-2H3/t21-/m0/s1. The minimum Gasteiger partial charge on any atom is -0.394 e. The maximum Gasteiger partial charge on any atom is 0.244 e. The molecule has 0 aliphatic carbocycles. The van der Waals surface area contributed by atoms with E-state index in [1.54, 1.807) is 6.07 Å². The SMILES string of the molecule is CCN(CC)C1CN(S(=O)(=O)c2cc(N[C@H](CO)Cc3ccccc3)ccc2C#N)C1. The highest BCUT2D eigenvalue weighted by Gasteiger charge is 2.39. The van der Waals surface area contributed by atoms with Crippen LogP contribution >= 0.6 is 0 Å². The van der Waals surface area contributed by atoms with Crippen molar-refractivity contribution in [2.75, 3.05) is 38.1 Å². The molecule has 7 nitrogen and oxygen atoms in total. The molecule has 1 atom stereocenters. The van der Waals surface area contributed by atoms with Gasteiger partial charge in [-0.1, -0.05) is 44.2 Å². The molecule has 0 bridgehead atoms. The summed E-state index contributed by atoms with van der Waals surface area (Å²) >= 11 is 0. The fraction of sp³-hybridized carbons (Fsp3) is 0.435. The van der Waals surface area contributed by atoms with E-state index in [9.17, 15) is 18.8 Å². The molecule has 2 N–H and O–H groups in total. The molecule has 1 aliphatic rings. The Hall–Kier alpha value is -2.44. The fourth-order valence-corrected chi connectivity index (χ4v) is 5.62. The van der Waals surface area contributed by atoms with Crippen molar-refractivity contribution in [3.8, 4) is 6.07 Å². The molecule has 0 amide bonds. The van der Waals surface area contributed by atoms with E-state index in [0.29, 0.717) is 25.2 Å². The molecule has 1 saturated heterocycles. The Kier molecular flexibility index (Phi) is 7.68. The van der Waals surface area contributed by atoms with Crippen molar-refractivity contribution < 1.29 is 13.5 Å². The van der Waals surface area contributed by atoms with Crippen LogP contribution in [0.3, 0.4) is 0 Å². The predicted octanol–water partition coefficient (Wildman–Crippen LogP) is 2.29. The molecule has 0 unspecified atom stereocenters. The van der Waals surface area contributed by atoms with Crippen molar-refractivity contribution >= 4 is 15.7 Å². The molecule has 0 aromatic heterocycles. The van der Waals surface area contributed by atoms with Gasteiger partial charge < -0.3 is 10.4 Å². The first-order valence-corrected chi connectivity index (χ1v) is 12.1. The predicted molar refractivity (Wildman–Crippen MR) is 121 cm³/mol.